The highest BCUT2D eigenvalue weighted by molar-refractivity contribution is 7.13. The first-order valence-corrected chi connectivity index (χ1v) is 11.4. The number of hydrogen-bond acceptors (Lipinski definition) is 5. The van der Waals surface area contributed by atoms with E-state index in [1.807, 2.05) is 66.0 Å². The van der Waals surface area contributed by atoms with E-state index in [0.717, 1.165) is 4.88 Å². The van der Waals surface area contributed by atoms with Crippen LogP contribution in [0.2, 0.25) is 0 Å². The van der Waals surface area contributed by atoms with Crippen LogP contribution in [0.5, 0.6) is 0 Å². The Hall–Kier alpha value is -4.09. The maximum absolute atomic E-state index is 13.5. The van der Waals surface area contributed by atoms with Gasteiger partial charge in [0.15, 0.2) is 6.10 Å². The number of para-hydroxylation sites is 1. The van der Waals surface area contributed by atoms with E-state index < -0.39 is 12.1 Å². The van der Waals surface area contributed by atoms with Crippen molar-refractivity contribution in [3.8, 4) is 10.6 Å². The Labute approximate surface area is 195 Å². The van der Waals surface area contributed by atoms with Crippen molar-refractivity contribution in [3.05, 3.63) is 125 Å². The Morgan fingerprint density at radius 2 is 1.48 bits per heavy atom. The van der Waals surface area contributed by atoms with Crippen LogP contribution in [0.25, 0.3) is 21.5 Å². The zero-order valence-electron chi connectivity index (χ0n) is 17.5. The lowest BCUT2D eigenvalue weighted by molar-refractivity contribution is 0.0282. The molecular formula is C28H19NO3S. The molecule has 0 saturated heterocycles. The molecule has 0 aliphatic heterocycles. The highest BCUT2D eigenvalue weighted by Gasteiger charge is 2.27. The van der Waals surface area contributed by atoms with Gasteiger partial charge in [-0.05, 0) is 23.6 Å². The second kappa shape index (κ2) is 9.18. The minimum atomic E-state index is -1.06. The number of hydrogen-bond donors (Lipinski definition) is 0. The van der Waals surface area contributed by atoms with Gasteiger partial charge in [-0.25, -0.2) is 9.78 Å². The lowest BCUT2D eigenvalue weighted by atomic mass is 9.99. The first kappa shape index (κ1) is 20.8. The molecule has 5 aromatic rings. The van der Waals surface area contributed by atoms with Gasteiger partial charge in [-0.3, -0.25) is 4.79 Å². The maximum Gasteiger partial charge on any atom is 0.339 e. The number of carbonyl (C=O) groups excluding carboxylic acids is 2. The average Bonchev–Trinajstić information content (AvgIpc) is 3.42. The Kier molecular flexibility index (Phi) is 5.79. The molecular weight excluding hydrogens is 430 g/mol. The van der Waals surface area contributed by atoms with Crippen molar-refractivity contribution in [1.82, 2.24) is 4.98 Å². The molecule has 0 spiro atoms. The normalized spacial score (nSPS) is 11.8. The molecule has 0 aliphatic carbocycles. The third-order valence-corrected chi connectivity index (χ3v) is 6.23. The maximum atomic E-state index is 13.5. The number of Topliss-reactive ketones (excluding diaryl/α,β-unsaturated/α-hetero) is 1. The lowest BCUT2D eigenvalue weighted by Crippen LogP contribution is -2.20. The van der Waals surface area contributed by atoms with Crippen LogP contribution in [0.3, 0.4) is 0 Å². The first-order chi connectivity index (χ1) is 16.2. The summed E-state index contributed by atoms with van der Waals surface area (Å²) < 4.78 is 5.91. The Balaban J connectivity index is 1.57. The summed E-state index contributed by atoms with van der Waals surface area (Å²) in [4.78, 5) is 32.5. The number of esters is 1. The monoisotopic (exact) mass is 449 g/mol. The highest BCUT2D eigenvalue weighted by Crippen LogP contribution is 2.30. The molecule has 3 aromatic carbocycles. The van der Waals surface area contributed by atoms with E-state index in [1.165, 1.54) is 0 Å². The SMILES string of the molecule is O=C(OC(C(=O)c1ccccc1)c1ccccc1)c1cc(-c2cccs2)nc2ccccc12. The van der Waals surface area contributed by atoms with E-state index in [0.29, 0.717) is 33.3 Å². The lowest BCUT2D eigenvalue weighted by Gasteiger charge is -2.18. The summed E-state index contributed by atoms with van der Waals surface area (Å²) in [6, 6.07) is 31.1. The van der Waals surface area contributed by atoms with E-state index in [-0.39, 0.29) is 5.78 Å². The highest BCUT2D eigenvalue weighted by atomic mass is 32.1. The van der Waals surface area contributed by atoms with Crippen molar-refractivity contribution < 1.29 is 14.3 Å². The molecule has 0 saturated carbocycles. The van der Waals surface area contributed by atoms with Crippen LogP contribution in [0.4, 0.5) is 0 Å². The summed E-state index contributed by atoms with van der Waals surface area (Å²) in [5.41, 5.74) is 2.88. The van der Waals surface area contributed by atoms with Crippen LogP contribution in [-0.2, 0) is 4.74 Å². The predicted molar refractivity (Wildman–Crippen MR) is 130 cm³/mol. The molecule has 1 unspecified atom stereocenters. The van der Waals surface area contributed by atoms with Gasteiger partial charge in [0.05, 0.1) is 21.7 Å². The number of benzene rings is 3. The van der Waals surface area contributed by atoms with E-state index >= 15 is 0 Å². The van der Waals surface area contributed by atoms with Crippen molar-refractivity contribution in [3.63, 3.8) is 0 Å². The van der Waals surface area contributed by atoms with Gasteiger partial charge in [-0.1, -0.05) is 84.9 Å². The number of rotatable bonds is 6. The van der Waals surface area contributed by atoms with Gasteiger partial charge in [0.2, 0.25) is 5.78 Å². The molecule has 4 nitrogen and oxygen atoms in total. The van der Waals surface area contributed by atoms with Crippen LogP contribution >= 0.6 is 11.3 Å². The summed E-state index contributed by atoms with van der Waals surface area (Å²) >= 11 is 1.55. The van der Waals surface area contributed by atoms with Crippen molar-refractivity contribution >= 4 is 34.0 Å². The molecule has 160 valence electrons. The molecule has 0 fully saturated rings. The number of ether oxygens (including phenoxy) is 1. The number of aromatic nitrogens is 1. The zero-order chi connectivity index (χ0) is 22.6. The van der Waals surface area contributed by atoms with Crippen molar-refractivity contribution in [2.75, 3.05) is 0 Å². The summed E-state index contributed by atoms with van der Waals surface area (Å²) in [7, 11) is 0. The molecule has 5 rings (SSSR count). The number of thiophene rings is 1. The van der Waals surface area contributed by atoms with E-state index in [2.05, 4.69) is 0 Å². The van der Waals surface area contributed by atoms with Crippen molar-refractivity contribution in [1.29, 1.82) is 0 Å². The number of fused-ring (bicyclic) bond motifs is 1. The average molecular weight is 450 g/mol. The Bertz CT molecular complexity index is 1410. The number of carbonyl (C=O) groups is 2. The van der Waals surface area contributed by atoms with Gasteiger partial charge < -0.3 is 4.74 Å². The molecule has 0 bridgehead atoms. The second-order valence-corrected chi connectivity index (χ2v) is 8.42. The fourth-order valence-corrected chi connectivity index (χ4v) is 4.41. The standard InChI is InChI=1S/C28H19NO3S/c30-26(19-10-3-1-4-11-19)27(20-12-5-2-6-13-20)32-28(31)22-18-24(25-16-9-17-33-25)29-23-15-8-7-14-21(22)23/h1-18,27H. The van der Waals surface area contributed by atoms with Gasteiger partial charge in [0, 0.05) is 16.5 Å². The Morgan fingerprint density at radius 1 is 0.788 bits per heavy atom. The topological polar surface area (TPSA) is 56.3 Å². The van der Waals surface area contributed by atoms with E-state index in [1.54, 1.807) is 53.8 Å². The minimum absolute atomic E-state index is 0.271. The summed E-state index contributed by atoms with van der Waals surface area (Å²) in [6.07, 6.45) is -1.06. The second-order valence-electron chi connectivity index (χ2n) is 7.48. The number of ketones is 1. The third-order valence-electron chi connectivity index (χ3n) is 5.33. The smallest absolute Gasteiger partial charge is 0.339 e. The molecule has 0 radical (unpaired) electrons. The summed E-state index contributed by atoms with van der Waals surface area (Å²) in [6.45, 7) is 0. The van der Waals surface area contributed by atoms with Crippen molar-refractivity contribution in [2.24, 2.45) is 0 Å². The molecule has 5 heteroatoms. The largest absolute Gasteiger partial charge is 0.445 e. The molecule has 0 amide bonds. The van der Waals surface area contributed by atoms with Crippen LogP contribution in [0, 0.1) is 0 Å². The van der Waals surface area contributed by atoms with Gasteiger partial charge in [-0.15, -0.1) is 11.3 Å². The van der Waals surface area contributed by atoms with Crippen LogP contribution in [-0.4, -0.2) is 16.7 Å². The fraction of sp³-hybridized carbons (Fsp3) is 0.0357. The van der Waals surface area contributed by atoms with E-state index in [4.69, 9.17) is 9.72 Å². The number of nitrogens with zero attached hydrogens (tertiary/aromatic N) is 1. The molecule has 0 N–H and O–H groups in total. The van der Waals surface area contributed by atoms with Gasteiger partial charge in [-0.2, -0.15) is 0 Å². The van der Waals surface area contributed by atoms with E-state index in [9.17, 15) is 9.59 Å². The zero-order valence-corrected chi connectivity index (χ0v) is 18.4. The summed E-state index contributed by atoms with van der Waals surface area (Å²) in [5.74, 6) is -0.837. The number of pyridine rings is 1. The van der Waals surface area contributed by atoms with Gasteiger partial charge in [0.1, 0.15) is 0 Å². The van der Waals surface area contributed by atoms with Crippen LogP contribution in [0.1, 0.15) is 32.4 Å². The molecule has 2 aromatic heterocycles. The molecule has 1 atom stereocenters. The van der Waals surface area contributed by atoms with Crippen molar-refractivity contribution in [2.45, 2.75) is 6.10 Å². The first-order valence-electron chi connectivity index (χ1n) is 10.5. The minimum Gasteiger partial charge on any atom is -0.445 e. The fourth-order valence-electron chi connectivity index (χ4n) is 3.72. The Morgan fingerprint density at radius 3 is 2.21 bits per heavy atom. The van der Waals surface area contributed by atoms with Crippen LogP contribution in [0.15, 0.2) is 109 Å². The quantitative estimate of drug-likeness (QED) is 0.213. The van der Waals surface area contributed by atoms with Gasteiger partial charge in [0.25, 0.3) is 0 Å². The van der Waals surface area contributed by atoms with Gasteiger partial charge >= 0.3 is 5.97 Å². The molecule has 33 heavy (non-hydrogen) atoms. The third kappa shape index (κ3) is 4.31. The predicted octanol–water partition coefficient (Wildman–Crippen LogP) is 6.74. The van der Waals surface area contributed by atoms with Crippen LogP contribution < -0.4 is 0 Å². The molecule has 2 heterocycles. The summed E-state index contributed by atoms with van der Waals surface area (Å²) in [5, 5.41) is 2.65. The molecule has 0 aliphatic rings.